The number of halogens is 2. The third kappa shape index (κ3) is 6.29. The highest BCUT2D eigenvalue weighted by Crippen LogP contribution is 2.30. The Labute approximate surface area is 191 Å². The van der Waals surface area contributed by atoms with E-state index in [1.54, 1.807) is 60.7 Å². The number of hydrogen-bond acceptors (Lipinski definition) is 4. The first kappa shape index (κ1) is 22.8. The molecule has 1 N–H and O–H groups in total. The maximum Gasteiger partial charge on any atom is 0.352 e. The molecule has 0 radical (unpaired) electrons. The number of hydrogen-bond donors (Lipinski definition) is 1. The predicted octanol–water partition coefficient (Wildman–Crippen LogP) is 6.22. The van der Waals surface area contributed by atoms with E-state index in [1.807, 2.05) is 12.1 Å². The van der Waals surface area contributed by atoms with E-state index < -0.39 is 11.6 Å². The average molecular weight is 461 g/mol. The van der Waals surface area contributed by atoms with Gasteiger partial charge in [0.25, 0.3) is 0 Å². The molecule has 162 valence electrons. The minimum Gasteiger partial charge on any atom is -0.493 e. The van der Waals surface area contributed by atoms with Crippen LogP contribution in [0.15, 0.2) is 72.8 Å². The van der Waals surface area contributed by atoms with Crippen LogP contribution in [-0.2, 0) is 10.4 Å². The molecule has 0 spiro atoms. The van der Waals surface area contributed by atoms with Gasteiger partial charge in [-0.05, 0) is 67.6 Å². The van der Waals surface area contributed by atoms with Crippen molar-refractivity contribution in [3.63, 3.8) is 0 Å². The molecule has 0 saturated heterocycles. The van der Waals surface area contributed by atoms with E-state index in [0.29, 0.717) is 46.7 Å². The molecule has 0 fully saturated rings. The van der Waals surface area contributed by atoms with Crippen LogP contribution < -0.4 is 14.2 Å². The van der Waals surface area contributed by atoms with Crippen molar-refractivity contribution in [2.24, 2.45) is 0 Å². The number of benzene rings is 3. The first-order chi connectivity index (χ1) is 14.9. The number of rotatable bonds is 10. The topological polar surface area (TPSA) is 65.0 Å². The van der Waals surface area contributed by atoms with Gasteiger partial charge in [-0.1, -0.05) is 35.3 Å². The Morgan fingerprint density at radius 1 is 0.774 bits per heavy atom. The zero-order valence-electron chi connectivity index (χ0n) is 16.9. The van der Waals surface area contributed by atoms with Crippen LogP contribution in [0.2, 0.25) is 10.0 Å². The number of aliphatic carboxylic acids is 1. The molecule has 3 aromatic rings. The minimum atomic E-state index is -1.56. The number of carbonyl (C=O) groups is 1. The fourth-order valence-corrected chi connectivity index (χ4v) is 3.06. The maximum absolute atomic E-state index is 12.0. The summed E-state index contributed by atoms with van der Waals surface area (Å²) in [5, 5.41) is 11.0. The summed E-state index contributed by atoms with van der Waals surface area (Å²) in [6.07, 6.45) is 0.691. The second kappa shape index (κ2) is 10.4. The lowest BCUT2D eigenvalue weighted by Crippen LogP contribution is -2.38. The van der Waals surface area contributed by atoms with Crippen molar-refractivity contribution in [3.8, 4) is 17.2 Å². The van der Waals surface area contributed by atoms with Gasteiger partial charge in [-0.2, -0.15) is 0 Å². The zero-order chi connectivity index (χ0) is 22.3. The zero-order valence-corrected chi connectivity index (χ0v) is 18.4. The highest BCUT2D eigenvalue weighted by molar-refractivity contribution is 6.30. The van der Waals surface area contributed by atoms with Crippen LogP contribution in [0.5, 0.6) is 17.2 Å². The lowest BCUT2D eigenvalue weighted by molar-refractivity contribution is -0.154. The van der Waals surface area contributed by atoms with E-state index in [-0.39, 0.29) is 0 Å². The van der Waals surface area contributed by atoms with Gasteiger partial charge in [-0.15, -0.1) is 0 Å². The molecule has 0 amide bonds. The molecule has 0 saturated carbocycles. The van der Waals surface area contributed by atoms with Gasteiger partial charge in [0.2, 0.25) is 5.60 Å². The van der Waals surface area contributed by atoms with Crippen LogP contribution in [0.3, 0.4) is 0 Å². The summed E-state index contributed by atoms with van der Waals surface area (Å²) < 4.78 is 17.1. The van der Waals surface area contributed by atoms with E-state index in [2.05, 4.69) is 0 Å². The smallest absolute Gasteiger partial charge is 0.352 e. The lowest BCUT2D eigenvalue weighted by atomic mass is 9.95. The molecule has 1 atom stereocenters. The maximum atomic E-state index is 12.0. The summed E-state index contributed by atoms with van der Waals surface area (Å²) in [6, 6.07) is 20.5. The number of carboxylic acid groups (broad SMARTS) is 1. The van der Waals surface area contributed by atoms with Gasteiger partial charge < -0.3 is 19.3 Å². The third-order valence-corrected chi connectivity index (χ3v) is 5.09. The van der Waals surface area contributed by atoms with Crippen molar-refractivity contribution < 1.29 is 24.1 Å². The van der Waals surface area contributed by atoms with Crippen molar-refractivity contribution in [2.75, 3.05) is 13.2 Å². The van der Waals surface area contributed by atoms with Crippen molar-refractivity contribution in [3.05, 3.63) is 88.4 Å². The molecule has 5 nitrogen and oxygen atoms in total. The SMILES string of the molecule is CC(Oc1ccc(Cl)cc1)(C(=O)O)c1ccc(OCCCOc2ccc(Cl)cc2)cc1. The van der Waals surface area contributed by atoms with Gasteiger partial charge in [0.1, 0.15) is 17.2 Å². The largest absolute Gasteiger partial charge is 0.493 e. The van der Waals surface area contributed by atoms with E-state index in [4.69, 9.17) is 37.4 Å². The molecule has 0 aliphatic rings. The summed E-state index contributed by atoms with van der Waals surface area (Å²) in [7, 11) is 0. The molecule has 1 unspecified atom stereocenters. The molecule has 7 heteroatoms. The predicted molar refractivity (Wildman–Crippen MR) is 121 cm³/mol. The molecule has 0 aliphatic heterocycles. The second-order valence-corrected chi connectivity index (χ2v) is 7.80. The standard InChI is InChI=1S/C24H22Cl2O5/c1-24(23(27)28,31-22-13-7-19(26)8-14-22)17-3-9-20(10-4-17)29-15-2-16-30-21-11-5-18(25)6-12-21/h3-14H,2,15-16H2,1H3,(H,27,28). The Morgan fingerprint density at radius 2 is 1.19 bits per heavy atom. The highest BCUT2D eigenvalue weighted by atomic mass is 35.5. The van der Waals surface area contributed by atoms with Crippen molar-refractivity contribution in [1.29, 1.82) is 0 Å². The number of ether oxygens (including phenoxy) is 3. The number of carboxylic acids is 1. The highest BCUT2D eigenvalue weighted by Gasteiger charge is 2.38. The Hall–Kier alpha value is -2.89. The molecule has 3 rings (SSSR count). The molecular weight excluding hydrogens is 439 g/mol. The van der Waals surface area contributed by atoms with Gasteiger partial charge in [0, 0.05) is 22.0 Å². The van der Waals surface area contributed by atoms with Crippen LogP contribution in [-0.4, -0.2) is 24.3 Å². The molecule has 0 aliphatic carbocycles. The Kier molecular flexibility index (Phi) is 7.66. The van der Waals surface area contributed by atoms with E-state index in [9.17, 15) is 9.90 Å². The molecule has 31 heavy (non-hydrogen) atoms. The molecule has 0 bridgehead atoms. The van der Waals surface area contributed by atoms with Crippen LogP contribution in [0.25, 0.3) is 0 Å². The van der Waals surface area contributed by atoms with Crippen molar-refractivity contribution in [2.45, 2.75) is 18.9 Å². The van der Waals surface area contributed by atoms with Crippen LogP contribution in [0.1, 0.15) is 18.9 Å². The first-order valence-corrected chi connectivity index (χ1v) is 10.4. The Morgan fingerprint density at radius 3 is 1.65 bits per heavy atom. The lowest BCUT2D eigenvalue weighted by Gasteiger charge is -2.27. The Bertz CT molecular complexity index is 988. The van der Waals surface area contributed by atoms with Crippen LogP contribution >= 0.6 is 23.2 Å². The molecular formula is C24H22Cl2O5. The van der Waals surface area contributed by atoms with Gasteiger partial charge in [-0.3, -0.25) is 0 Å². The van der Waals surface area contributed by atoms with Gasteiger partial charge >= 0.3 is 5.97 Å². The molecule has 0 heterocycles. The first-order valence-electron chi connectivity index (χ1n) is 9.66. The Balaban J connectivity index is 1.54. The summed E-state index contributed by atoms with van der Waals surface area (Å²) in [4.78, 5) is 12.0. The monoisotopic (exact) mass is 460 g/mol. The molecule has 0 aromatic heterocycles. The van der Waals surface area contributed by atoms with E-state index in [1.165, 1.54) is 6.92 Å². The fraction of sp³-hybridized carbons (Fsp3) is 0.208. The van der Waals surface area contributed by atoms with Crippen LogP contribution in [0.4, 0.5) is 0 Å². The average Bonchev–Trinajstić information content (AvgIpc) is 2.76. The summed E-state index contributed by atoms with van der Waals surface area (Å²) in [5.41, 5.74) is -1.06. The quantitative estimate of drug-likeness (QED) is 0.363. The van der Waals surface area contributed by atoms with Gasteiger partial charge in [0.05, 0.1) is 13.2 Å². The fourth-order valence-electron chi connectivity index (χ4n) is 2.80. The second-order valence-electron chi connectivity index (χ2n) is 6.92. The minimum absolute atomic E-state index is 0.412. The van der Waals surface area contributed by atoms with E-state index >= 15 is 0 Å². The third-order valence-electron chi connectivity index (χ3n) is 4.59. The van der Waals surface area contributed by atoms with Crippen molar-refractivity contribution in [1.82, 2.24) is 0 Å². The van der Waals surface area contributed by atoms with Crippen molar-refractivity contribution >= 4 is 29.2 Å². The summed E-state index contributed by atoms with van der Waals surface area (Å²) in [6.45, 7) is 2.48. The summed E-state index contributed by atoms with van der Waals surface area (Å²) in [5.74, 6) is 0.697. The van der Waals surface area contributed by atoms with Gasteiger partial charge in [0.15, 0.2) is 0 Å². The summed E-state index contributed by atoms with van der Waals surface area (Å²) >= 11 is 11.7. The normalized spacial score (nSPS) is 12.6. The molecule has 3 aromatic carbocycles. The van der Waals surface area contributed by atoms with E-state index in [0.717, 1.165) is 5.75 Å². The van der Waals surface area contributed by atoms with Gasteiger partial charge in [-0.25, -0.2) is 4.79 Å². The van der Waals surface area contributed by atoms with Crippen LogP contribution in [0, 0.1) is 0 Å².